The maximum Gasteiger partial charge on any atom is 0.251 e. The molecule has 21 heavy (non-hydrogen) atoms. The normalized spacial score (nSPS) is 20.6. The van der Waals surface area contributed by atoms with Crippen LogP contribution in [-0.2, 0) is 0 Å². The number of rotatable bonds is 4. The third-order valence-corrected chi connectivity index (χ3v) is 3.57. The van der Waals surface area contributed by atoms with Gasteiger partial charge in [-0.25, -0.2) is 0 Å². The molecule has 3 rings (SSSR count). The van der Waals surface area contributed by atoms with Gasteiger partial charge in [-0.3, -0.25) is 9.36 Å². The molecule has 0 bridgehead atoms. The van der Waals surface area contributed by atoms with Crippen molar-refractivity contribution >= 4 is 5.91 Å². The van der Waals surface area contributed by atoms with Crippen LogP contribution in [0.3, 0.4) is 0 Å². The first-order valence-corrected chi connectivity index (χ1v) is 6.81. The molecule has 0 unspecified atom stereocenters. The average Bonchev–Trinajstić information content (AvgIpc) is 3.19. The van der Waals surface area contributed by atoms with E-state index in [0.29, 0.717) is 5.56 Å². The highest BCUT2D eigenvalue weighted by atomic mass is 16.3. The highest BCUT2D eigenvalue weighted by molar-refractivity contribution is 5.94. The molecule has 0 radical (unpaired) electrons. The Bertz CT molecular complexity index is 634. The molecule has 1 aliphatic rings. The van der Waals surface area contributed by atoms with E-state index >= 15 is 0 Å². The van der Waals surface area contributed by atoms with Gasteiger partial charge in [-0.2, -0.15) is 0 Å². The lowest BCUT2D eigenvalue weighted by molar-refractivity contribution is 0.0941. The molecule has 1 aromatic heterocycles. The number of carbonyl (C=O) groups is 1. The zero-order chi connectivity index (χ0) is 14.7. The number of aliphatic hydroxyl groups excluding tert-OH is 1. The minimum absolute atomic E-state index is 0.00725. The number of hydrogen-bond donors (Lipinski definition) is 2. The molecule has 6 heteroatoms. The van der Waals surface area contributed by atoms with Crippen molar-refractivity contribution < 1.29 is 9.90 Å². The third-order valence-electron chi connectivity index (χ3n) is 3.57. The molecule has 6 nitrogen and oxygen atoms in total. The van der Waals surface area contributed by atoms with E-state index in [2.05, 4.69) is 15.5 Å². The Morgan fingerprint density at radius 3 is 2.57 bits per heavy atom. The first-order valence-electron chi connectivity index (χ1n) is 6.81. The minimum atomic E-state index is -0.112. The van der Waals surface area contributed by atoms with Crippen LogP contribution in [0.15, 0.2) is 49.1 Å². The Labute approximate surface area is 122 Å². The SMILES string of the molecule is O=C(N[C@@H]1C=C[C@H](CO)C1)c1ccc(-n2cnnc2)cc1. The van der Waals surface area contributed by atoms with Gasteiger partial charge < -0.3 is 10.4 Å². The fourth-order valence-electron chi connectivity index (χ4n) is 2.39. The van der Waals surface area contributed by atoms with Crippen molar-refractivity contribution in [1.29, 1.82) is 0 Å². The number of nitrogens with zero attached hydrogens (tertiary/aromatic N) is 3. The lowest BCUT2D eigenvalue weighted by atomic mass is 10.1. The monoisotopic (exact) mass is 284 g/mol. The maximum absolute atomic E-state index is 12.2. The Kier molecular flexibility index (Phi) is 3.79. The van der Waals surface area contributed by atoms with Gasteiger partial charge in [-0.1, -0.05) is 12.2 Å². The van der Waals surface area contributed by atoms with E-state index in [1.807, 2.05) is 24.3 Å². The van der Waals surface area contributed by atoms with Crippen LogP contribution in [0.1, 0.15) is 16.8 Å². The molecule has 108 valence electrons. The van der Waals surface area contributed by atoms with Crippen LogP contribution in [0.4, 0.5) is 0 Å². The number of aromatic nitrogens is 3. The number of carbonyl (C=O) groups excluding carboxylic acids is 1. The molecular weight excluding hydrogens is 268 g/mol. The molecule has 1 aromatic carbocycles. The second-order valence-electron chi connectivity index (χ2n) is 5.06. The van der Waals surface area contributed by atoms with Gasteiger partial charge in [-0.15, -0.1) is 10.2 Å². The van der Waals surface area contributed by atoms with Gasteiger partial charge >= 0.3 is 0 Å². The van der Waals surface area contributed by atoms with Crippen LogP contribution in [0.2, 0.25) is 0 Å². The minimum Gasteiger partial charge on any atom is -0.396 e. The van der Waals surface area contributed by atoms with Gasteiger partial charge in [-0.05, 0) is 30.7 Å². The van der Waals surface area contributed by atoms with Gasteiger partial charge in [0, 0.05) is 29.8 Å². The van der Waals surface area contributed by atoms with Crippen molar-refractivity contribution in [2.45, 2.75) is 12.5 Å². The number of nitrogens with one attached hydrogen (secondary N) is 1. The van der Waals surface area contributed by atoms with Crippen molar-refractivity contribution in [3.63, 3.8) is 0 Å². The molecule has 2 N–H and O–H groups in total. The molecule has 0 saturated heterocycles. The summed E-state index contributed by atoms with van der Waals surface area (Å²) in [4.78, 5) is 12.2. The van der Waals surface area contributed by atoms with Crippen LogP contribution in [-0.4, -0.2) is 38.4 Å². The van der Waals surface area contributed by atoms with E-state index in [1.54, 1.807) is 29.4 Å². The number of benzene rings is 1. The standard InChI is InChI=1S/C15H16N4O2/c20-8-11-1-4-13(7-11)18-15(21)12-2-5-14(6-3-12)19-9-16-17-10-19/h1-6,9-11,13,20H,7-8H2,(H,18,21)/t11-,13+/m0/s1. The van der Waals surface area contributed by atoms with Crippen molar-refractivity contribution in [3.05, 3.63) is 54.6 Å². The number of amides is 1. The molecule has 1 amide bonds. The summed E-state index contributed by atoms with van der Waals surface area (Å²) in [6, 6.07) is 7.23. The van der Waals surface area contributed by atoms with Gasteiger partial charge in [0.25, 0.3) is 5.91 Å². The van der Waals surface area contributed by atoms with Crippen LogP contribution in [0, 0.1) is 5.92 Å². The Morgan fingerprint density at radius 1 is 1.24 bits per heavy atom. The summed E-state index contributed by atoms with van der Waals surface area (Å²) in [5.41, 5.74) is 1.50. The summed E-state index contributed by atoms with van der Waals surface area (Å²) in [5, 5.41) is 19.5. The number of aliphatic hydroxyl groups is 1. The van der Waals surface area contributed by atoms with Crippen LogP contribution < -0.4 is 5.32 Å². The predicted molar refractivity (Wildman–Crippen MR) is 76.9 cm³/mol. The molecule has 0 aliphatic heterocycles. The van der Waals surface area contributed by atoms with E-state index in [0.717, 1.165) is 12.1 Å². The lowest BCUT2D eigenvalue weighted by Gasteiger charge is -2.13. The Hall–Kier alpha value is -2.47. The first-order chi connectivity index (χ1) is 10.3. The smallest absolute Gasteiger partial charge is 0.251 e. The highest BCUT2D eigenvalue weighted by Gasteiger charge is 2.20. The van der Waals surface area contributed by atoms with Gasteiger partial charge in [0.2, 0.25) is 0 Å². The van der Waals surface area contributed by atoms with Crippen molar-refractivity contribution in [2.75, 3.05) is 6.61 Å². The summed E-state index contributed by atoms with van der Waals surface area (Å²) in [6.45, 7) is 0.122. The van der Waals surface area contributed by atoms with E-state index in [9.17, 15) is 4.79 Å². The zero-order valence-electron chi connectivity index (χ0n) is 11.4. The van der Waals surface area contributed by atoms with E-state index in [-0.39, 0.29) is 24.5 Å². The quantitative estimate of drug-likeness (QED) is 0.819. The topological polar surface area (TPSA) is 80.0 Å². The second kappa shape index (κ2) is 5.88. The van der Waals surface area contributed by atoms with Crippen LogP contribution in [0.25, 0.3) is 5.69 Å². The van der Waals surface area contributed by atoms with Gasteiger partial charge in [0.05, 0.1) is 0 Å². The lowest BCUT2D eigenvalue weighted by Crippen LogP contribution is -2.32. The molecule has 0 saturated carbocycles. The zero-order valence-corrected chi connectivity index (χ0v) is 11.4. The predicted octanol–water partition coefficient (Wildman–Crippen LogP) is 0.934. The summed E-state index contributed by atoms with van der Waals surface area (Å²) in [7, 11) is 0. The van der Waals surface area contributed by atoms with Crippen LogP contribution >= 0.6 is 0 Å². The summed E-state index contributed by atoms with van der Waals surface area (Å²) >= 11 is 0. The molecule has 1 heterocycles. The fraction of sp³-hybridized carbons (Fsp3) is 0.267. The van der Waals surface area contributed by atoms with E-state index in [1.165, 1.54) is 0 Å². The van der Waals surface area contributed by atoms with Crippen molar-refractivity contribution in [1.82, 2.24) is 20.1 Å². The summed E-state index contributed by atoms with van der Waals surface area (Å²) in [6.07, 6.45) is 7.84. The van der Waals surface area contributed by atoms with Crippen molar-refractivity contribution in [3.8, 4) is 5.69 Å². The molecule has 2 aromatic rings. The Morgan fingerprint density at radius 2 is 1.95 bits per heavy atom. The average molecular weight is 284 g/mol. The molecule has 1 aliphatic carbocycles. The second-order valence-corrected chi connectivity index (χ2v) is 5.06. The largest absolute Gasteiger partial charge is 0.396 e. The summed E-state index contributed by atoms with van der Waals surface area (Å²) < 4.78 is 1.77. The highest BCUT2D eigenvalue weighted by Crippen LogP contribution is 2.17. The van der Waals surface area contributed by atoms with Crippen molar-refractivity contribution in [2.24, 2.45) is 5.92 Å². The van der Waals surface area contributed by atoms with Gasteiger partial charge in [0.15, 0.2) is 0 Å². The molecular formula is C15H16N4O2. The summed E-state index contributed by atoms with van der Waals surface area (Å²) in [5.74, 6) is 0.0324. The maximum atomic E-state index is 12.2. The molecule has 2 atom stereocenters. The third kappa shape index (κ3) is 3.00. The first kappa shape index (κ1) is 13.5. The number of hydrogen-bond acceptors (Lipinski definition) is 4. The van der Waals surface area contributed by atoms with E-state index in [4.69, 9.17) is 5.11 Å². The van der Waals surface area contributed by atoms with Crippen LogP contribution in [0.5, 0.6) is 0 Å². The molecule has 0 fully saturated rings. The van der Waals surface area contributed by atoms with E-state index < -0.39 is 0 Å². The Balaban J connectivity index is 1.64. The van der Waals surface area contributed by atoms with Gasteiger partial charge in [0.1, 0.15) is 12.7 Å². The fourth-order valence-corrected chi connectivity index (χ4v) is 2.39. The molecule has 0 spiro atoms.